The number of hydrogen-bond acceptors (Lipinski definition) is 2. The van der Waals surface area contributed by atoms with Crippen LogP contribution in [0.1, 0.15) is 28.9 Å². The Bertz CT molecular complexity index is 907. The lowest BCUT2D eigenvalue weighted by Gasteiger charge is -2.28. The lowest BCUT2D eigenvalue weighted by atomic mass is 10.0. The zero-order valence-electron chi connectivity index (χ0n) is 16.0. The van der Waals surface area contributed by atoms with E-state index in [1.165, 1.54) is 11.0 Å². The van der Waals surface area contributed by atoms with Crippen LogP contribution in [0.15, 0.2) is 84.9 Å². The normalized spacial score (nSPS) is 11.0. The standard InChI is InChI=1S/C17H16F2N2O2.C6H6/c1-11(13-7-8-14(18)15(19)9-13)21(10-16(20)22)17(23)12-5-3-2-4-6-12;1-2-4-6-5-3-1/h2-9,11H,10H2,1H3,(H2,20,22);1-6H. The second-order valence-corrected chi connectivity index (χ2v) is 6.27. The molecule has 0 saturated carbocycles. The molecule has 2 amide bonds. The summed E-state index contributed by atoms with van der Waals surface area (Å²) < 4.78 is 26.5. The van der Waals surface area contributed by atoms with Crippen molar-refractivity contribution in [3.8, 4) is 0 Å². The molecule has 3 rings (SSSR count). The molecule has 1 atom stereocenters. The number of nitrogens with zero attached hydrogens (tertiary/aromatic N) is 1. The summed E-state index contributed by atoms with van der Waals surface area (Å²) in [5.74, 6) is -3.09. The molecule has 1 unspecified atom stereocenters. The monoisotopic (exact) mass is 396 g/mol. The number of hydrogen-bond donors (Lipinski definition) is 1. The first-order chi connectivity index (χ1) is 13.9. The van der Waals surface area contributed by atoms with E-state index in [9.17, 15) is 18.4 Å². The molecular weight excluding hydrogens is 374 g/mol. The molecule has 0 saturated heterocycles. The van der Waals surface area contributed by atoms with Crippen LogP contribution < -0.4 is 5.73 Å². The van der Waals surface area contributed by atoms with Crippen LogP contribution in [0.3, 0.4) is 0 Å². The number of amides is 2. The first-order valence-electron chi connectivity index (χ1n) is 8.99. The molecule has 4 nitrogen and oxygen atoms in total. The molecule has 0 bridgehead atoms. The topological polar surface area (TPSA) is 63.4 Å². The summed E-state index contributed by atoms with van der Waals surface area (Å²) in [6.45, 7) is 1.30. The maximum atomic E-state index is 13.4. The predicted octanol–water partition coefficient (Wildman–Crippen LogP) is 4.34. The van der Waals surface area contributed by atoms with E-state index in [0.29, 0.717) is 11.1 Å². The van der Waals surface area contributed by atoms with Gasteiger partial charge in [0.15, 0.2) is 11.6 Å². The van der Waals surface area contributed by atoms with Gasteiger partial charge in [-0.25, -0.2) is 8.78 Å². The van der Waals surface area contributed by atoms with E-state index < -0.39 is 29.5 Å². The molecule has 150 valence electrons. The van der Waals surface area contributed by atoms with Gasteiger partial charge in [-0.15, -0.1) is 0 Å². The van der Waals surface area contributed by atoms with Crippen LogP contribution in [0.5, 0.6) is 0 Å². The van der Waals surface area contributed by atoms with Crippen LogP contribution in [0, 0.1) is 11.6 Å². The minimum absolute atomic E-state index is 0.326. The molecule has 0 radical (unpaired) electrons. The fraction of sp³-hybridized carbons (Fsp3) is 0.130. The van der Waals surface area contributed by atoms with Crippen LogP contribution in [0.2, 0.25) is 0 Å². The van der Waals surface area contributed by atoms with E-state index in [1.54, 1.807) is 37.3 Å². The number of carbonyl (C=O) groups is 2. The molecule has 6 heteroatoms. The smallest absolute Gasteiger partial charge is 0.254 e. The number of rotatable bonds is 5. The Kier molecular flexibility index (Phi) is 8.03. The van der Waals surface area contributed by atoms with Crippen molar-refractivity contribution in [2.45, 2.75) is 13.0 Å². The van der Waals surface area contributed by atoms with E-state index in [1.807, 2.05) is 36.4 Å². The average Bonchev–Trinajstić information content (AvgIpc) is 2.75. The Labute approximate surface area is 168 Å². The molecule has 0 aromatic heterocycles. The molecule has 3 aromatic carbocycles. The molecule has 0 spiro atoms. The second kappa shape index (κ2) is 10.7. The third kappa shape index (κ3) is 6.53. The first kappa shape index (κ1) is 21.8. The predicted molar refractivity (Wildman–Crippen MR) is 108 cm³/mol. The molecule has 29 heavy (non-hydrogen) atoms. The van der Waals surface area contributed by atoms with Gasteiger partial charge >= 0.3 is 0 Å². The van der Waals surface area contributed by atoms with Gasteiger partial charge in [0.25, 0.3) is 5.91 Å². The molecule has 3 aromatic rings. The van der Waals surface area contributed by atoms with Crippen LogP contribution >= 0.6 is 0 Å². The summed E-state index contributed by atoms with van der Waals surface area (Å²) in [6.07, 6.45) is 0. The van der Waals surface area contributed by atoms with E-state index in [0.717, 1.165) is 12.1 Å². The largest absolute Gasteiger partial charge is 0.368 e. The third-order valence-electron chi connectivity index (χ3n) is 4.17. The van der Waals surface area contributed by atoms with Crippen molar-refractivity contribution in [3.05, 3.63) is 108 Å². The Morgan fingerprint density at radius 2 is 1.38 bits per heavy atom. The van der Waals surface area contributed by atoms with E-state index in [-0.39, 0.29) is 6.54 Å². The highest BCUT2D eigenvalue weighted by atomic mass is 19.2. The van der Waals surface area contributed by atoms with Gasteiger partial charge in [-0.2, -0.15) is 0 Å². The van der Waals surface area contributed by atoms with Crippen LogP contribution in [-0.2, 0) is 4.79 Å². The Balaban J connectivity index is 0.000000426. The molecule has 0 heterocycles. The van der Waals surface area contributed by atoms with Gasteiger partial charge in [-0.3, -0.25) is 9.59 Å². The molecule has 0 aliphatic carbocycles. The molecule has 2 N–H and O–H groups in total. The maximum Gasteiger partial charge on any atom is 0.254 e. The number of primary amides is 1. The lowest BCUT2D eigenvalue weighted by Crippen LogP contribution is -2.40. The number of nitrogens with two attached hydrogens (primary N) is 1. The zero-order valence-corrected chi connectivity index (χ0v) is 16.0. The Hall–Kier alpha value is -3.54. The highest BCUT2D eigenvalue weighted by Crippen LogP contribution is 2.23. The molecule has 0 aliphatic rings. The SMILES string of the molecule is CC(c1ccc(F)c(F)c1)N(CC(N)=O)C(=O)c1ccccc1.c1ccccc1. The summed E-state index contributed by atoms with van der Waals surface area (Å²) in [6, 6.07) is 23.1. The van der Waals surface area contributed by atoms with Crippen molar-refractivity contribution in [1.82, 2.24) is 4.90 Å². The van der Waals surface area contributed by atoms with Gasteiger partial charge in [0, 0.05) is 5.56 Å². The average molecular weight is 396 g/mol. The molecular formula is C23H22F2N2O2. The quantitative estimate of drug-likeness (QED) is 0.697. The highest BCUT2D eigenvalue weighted by molar-refractivity contribution is 5.96. The van der Waals surface area contributed by atoms with Crippen molar-refractivity contribution in [2.75, 3.05) is 6.54 Å². The summed E-state index contributed by atoms with van der Waals surface area (Å²) in [5.41, 5.74) is 5.96. The number of benzene rings is 3. The summed E-state index contributed by atoms with van der Waals surface area (Å²) in [4.78, 5) is 25.1. The van der Waals surface area contributed by atoms with Crippen molar-refractivity contribution in [1.29, 1.82) is 0 Å². The second-order valence-electron chi connectivity index (χ2n) is 6.27. The molecule has 0 aliphatic heterocycles. The van der Waals surface area contributed by atoms with Gasteiger partial charge in [0.05, 0.1) is 6.04 Å². The number of carbonyl (C=O) groups excluding carboxylic acids is 2. The van der Waals surface area contributed by atoms with E-state index in [4.69, 9.17) is 5.73 Å². The van der Waals surface area contributed by atoms with Crippen molar-refractivity contribution in [2.24, 2.45) is 5.73 Å². The van der Waals surface area contributed by atoms with Gasteiger partial charge in [0.1, 0.15) is 6.54 Å². The van der Waals surface area contributed by atoms with Crippen molar-refractivity contribution >= 4 is 11.8 Å². The van der Waals surface area contributed by atoms with Gasteiger partial charge in [0.2, 0.25) is 5.91 Å². The van der Waals surface area contributed by atoms with Gasteiger partial charge in [-0.1, -0.05) is 60.7 Å². The number of halogens is 2. The minimum atomic E-state index is -1.01. The zero-order chi connectivity index (χ0) is 21.2. The summed E-state index contributed by atoms with van der Waals surface area (Å²) in [7, 11) is 0. The Morgan fingerprint density at radius 1 is 0.862 bits per heavy atom. The lowest BCUT2D eigenvalue weighted by molar-refractivity contribution is -0.119. The van der Waals surface area contributed by atoms with Crippen LogP contribution in [0.4, 0.5) is 8.78 Å². The van der Waals surface area contributed by atoms with E-state index >= 15 is 0 Å². The fourth-order valence-electron chi connectivity index (χ4n) is 2.64. The molecule has 0 fully saturated rings. The highest BCUT2D eigenvalue weighted by Gasteiger charge is 2.25. The van der Waals surface area contributed by atoms with E-state index in [2.05, 4.69) is 0 Å². The van der Waals surface area contributed by atoms with Crippen molar-refractivity contribution in [3.63, 3.8) is 0 Å². The maximum absolute atomic E-state index is 13.4. The van der Waals surface area contributed by atoms with Crippen LogP contribution in [-0.4, -0.2) is 23.3 Å². The fourth-order valence-corrected chi connectivity index (χ4v) is 2.64. The van der Waals surface area contributed by atoms with Gasteiger partial charge < -0.3 is 10.6 Å². The first-order valence-corrected chi connectivity index (χ1v) is 8.99. The minimum Gasteiger partial charge on any atom is -0.368 e. The Morgan fingerprint density at radius 3 is 1.86 bits per heavy atom. The van der Waals surface area contributed by atoms with Crippen LogP contribution in [0.25, 0.3) is 0 Å². The van der Waals surface area contributed by atoms with Gasteiger partial charge in [-0.05, 0) is 36.8 Å². The van der Waals surface area contributed by atoms with Crippen molar-refractivity contribution < 1.29 is 18.4 Å². The summed E-state index contributed by atoms with van der Waals surface area (Å²) >= 11 is 0. The summed E-state index contributed by atoms with van der Waals surface area (Å²) in [5, 5.41) is 0. The third-order valence-corrected chi connectivity index (χ3v) is 4.17.